The molecule has 2 aliphatic heterocycles. The quantitative estimate of drug-likeness (QED) is 0.940. The number of rotatable bonds is 3. The lowest BCUT2D eigenvalue weighted by atomic mass is 9.83. The molecule has 0 spiro atoms. The van der Waals surface area contributed by atoms with E-state index < -0.39 is 5.60 Å². The van der Waals surface area contributed by atoms with Crippen LogP contribution in [0.25, 0.3) is 0 Å². The highest BCUT2D eigenvalue weighted by Gasteiger charge is 2.43. The zero-order chi connectivity index (χ0) is 16.6. The summed E-state index contributed by atoms with van der Waals surface area (Å²) in [6.45, 7) is 0. The van der Waals surface area contributed by atoms with Gasteiger partial charge >= 0.3 is 0 Å². The first-order chi connectivity index (χ1) is 11.7. The standard InChI is InChI=1S/C21H20N2O/c1-22-16-19(23-15-9-8-14-20(22)23)21(24,17-10-4-2-5-11-17)18-12-6-3-7-13-18/h2-16,20,24H,1H3. The van der Waals surface area contributed by atoms with Gasteiger partial charge < -0.3 is 14.9 Å². The van der Waals surface area contributed by atoms with E-state index in [1.54, 1.807) is 0 Å². The number of benzene rings is 2. The van der Waals surface area contributed by atoms with E-state index in [4.69, 9.17) is 0 Å². The van der Waals surface area contributed by atoms with E-state index in [0.717, 1.165) is 16.8 Å². The molecule has 3 nitrogen and oxygen atoms in total. The van der Waals surface area contributed by atoms with Gasteiger partial charge in [0.25, 0.3) is 0 Å². The average molecular weight is 316 g/mol. The lowest BCUT2D eigenvalue weighted by molar-refractivity contribution is 0.0894. The normalized spacial score (nSPS) is 19.4. The van der Waals surface area contributed by atoms with Gasteiger partial charge in [0, 0.05) is 19.4 Å². The molecule has 1 atom stereocenters. The summed E-state index contributed by atoms with van der Waals surface area (Å²) in [6, 6.07) is 19.7. The fraction of sp³-hybridized carbons (Fsp3) is 0.143. The van der Waals surface area contributed by atoms with Gasteiger partial charge in [-0.05, 0) is 23.3 Å². The molecule has 0 radical (unpaired) electrons. The van der Waals surface area contributed by atoms with Gasteiger partial charge in [-0.15, -0.1) is 0 Å². The maximum atomic E-state index is 11.9. The van der Waals surface area contributed by atoms with Crippen molar-refractivity contribution in [1.82, 2.24) is 9.80 Å². The smallest absolute Gasteiger partial charge is 0.156 e. The summed E-state index contributed by atoms with van der Waals surface area (Å²) >= 11 is 0. The summed E-state index contributed by atoms with van der Waals surface area (Å²) in [4.78, 5) is 4.24. The van der Waals surface area contributed by atoms with Crippen molar-refractivity contribution in [3.63, 3.8) is 0 Å². The monoisotopic (exact) mass is 316 g/mol. The minimum Gasteiger partial charge on any atom is -0.374 e. The van der Waals surface area contributed by atoms with Crippen molar-refractivity contribution in [3.8, 4) is 0 Å². The summed E-state index contributed by atoms with van der Waals surface area (Å²) < 4.78 is 0. The molecule has 24 heavy (non-hydrogen) atoms. The summed E-state index contributed by atoms with van der Waals surface area (Å²) in [7, 11) is 2.03. The van der Waals surface area contributed by atoms with E-state index in [0.29, 0.717) is 0 Å². The van der Waals surface area contributed by atoms with Crippen molar-refractivity contribution < 1.29 is 5.11 Å². The van der Waals surface area contributed by atoms with Crippen molar-refractivity contribution in [2.24, 2.45) is 0 Å². The molecular formula is C21H20N2O. The highest BCUT2D eigenvalue weighted by atomic mass is 16.3. The van der Waals surface area contributed by atoms with Crippen molar-refractivity contribution in [3.05, 3.63) is 108 Å². The van der Waals surface area contributed by atoms with Crippen molar-refractivity contribution in [2.75, 3.05) is 7.05 Å². The summed E-state index contributed by atoms with van der Waals surface area (Å²) in [5, 5.41) is 11.9. The second-order valence-corrected chi connectivity index (χ2v) is 6.17. The number of hydrogen-bond donors (Lipinski definition) is 1. The number of likely N-dealkylation sites (N-methyl/N-ethyl adjacent to an activating group) is 1. The fourth-order valence-electron chi connectivity index (χ4n) is 3.48. The largest absolute Gasteiger partial charge is 0.374 e. The maximum Gasteiger partial charge on any atom is 0.156 e. The molecule has 0 bridgehead atoms. The van der Waals surface area contributed by atoms with Gasteiger partial charge in [0.1, 0.15) is 6.17 Å². The van der Waals surface area contributed by atoms with Gasteiger partial charge in [-0.1, -0.05) is 66.7 Å². The molecule has 0 aliphatic carbocycles. The second-order valence-electron chi connectivity index (χ2n) is 6.17. The molecule has 2 heterocycles. The average Bonchev–Trinajstić information content (AvgIpc) is 3.00. The Morgan fingerprint density at radius 1 is 0.875 bits per heavy atom. The molecule has 0 aromatic heterocycles. The molecule has 1 N–H and O–H groups in total. The molecule has 1 unspecified atom stereocenters. The first-order valence-corrected chi connectivity index (χ1v) is 8.12. The number of hydrogen-bond acceptors (Lipinski definition) is 3. The van der Waals surface area contributed by atoms with Crippen LogP contribution in [-0.4, -0.2) is 28.1 Å². The van der Waals surface area contributed by atoms with E-state index >= 15 is 0 Å². The third-order valence-corrected chi connectivity index (χ3v) is 4.70. The highest BCUT2D eigenvalue weighted by molar-refractivity contribution is 5.47. The SMILES string of the molecule is CN1C=C(C(O)(c2ccccc2)c2ccccc2)N2C=CC=CC12. The Hall–Kier alpha value is -2.78. The molecule has 0 saturated carbocycles. The number of nitrogens with zero attached hydrogens (tertiary/aromatic N) is 2. The van der Waals surface area contributed by atoms with Gasteiger partial charge in [0.2, 0.25) is 0 Å². The maximum absolute atomic E-state index is 11.9. The summed E-state index contributed by atoms with van der Waals surface area (Å²) in [5.74, 6) is 0. The zero-order valence-corrected chi connectivity index (χ0v) is 13.6. The Morgan fingerprint density at radius 3 is 2.04 bits per heavy atom. The Balaban J connectivity index is 1.90. The first kappa shape index (κ1) is 14.8. The van der Waals surface area contributed by atoms with Gasteiger partial charge in [-0.3, -0.25) is 0 Å². The van der Waals surface area contributed by atoms with Crippen LogP contribution >= 0.6 is 0 Å². The van der Waals surface area contributed by atoms with E-state index in [1.165, 1.54) is 0 Å². The van der Waals surface area contributed by atoms with E-state index in [9.17, 15) is 5.11 Å². The molecule has 0 fully saturated rings. The molecule has 2 aromatic rings. The van der Waals surface area contributed by atoms with Gasteiger partial charge in [0.05, 0.1) is 5.70 Å². The molecule has 4 rings (SSSR count). The van der Waals surface area contributed by atoms with Crippen LogP contribution in [0.5, 0.6) is 0 Å². The molecule has 2 aromatic carbocycles. The third kappa shape index (κ3) is 2.17. The number of allylic oxidation sites excluding steroid dienone is 2. The van der Waals surface area contributed by atoms with Crippen LogP contribution in [0.15, 0.2) is 97.0 Å². The number of aliphatic hydroxyl groups is 1. The highest BCUT2D eigenvalue weighted by Crippen LogP contribution is 2.42. The minimum absolute atomic E-state index is 0.101. The Labute approximate surface area is 142 Å². The van der Waals surface area contributed by atoms with Crippen LogP contribution in [-0.2, 0) is 5.60 Å². The van der Waals surface area contributed by atoms with Crippen LogP contribution < -0.4 is 0 Å². The van der Waals surface area contributed by atoms with E-state index in [1.807, 2.05) is 92.3 Å². The van der Waals surface area contributed by atoms with Crippen LogP contribution in [0.3, 0.4) is 0 Å². The lowest BCUT2D eigenvalue weighted by Crippen LogP contribution is -2.40. The van der Waals surface area contributed by atoms with E-state index in [2.05, 4.69) is 15.9 Å². The molecule has 120 valence electrons. The predicted octanol–water partition coefficient (Wildman–Crippen LogP) is 3.42. The summed E-state index contributed by atoms with van der Waals surface area (Å²) in [5.41, 5.74) is 1.37. The topological polar surface area (TPSA) is 26.7 Å². The van der Waals surface area contributed by atoms with Crippen LogP contribution in [0.4, 0.5) is 0 Å². The van der Waals surface area contributed by atoms with Crippen molar-refractivity contribution in [2.45, 2.75) is 11.8 Å². The van der Waals surface area contributed by atoms with Crippen LogP contribution in [0.2, 0.25) is 0 Å². The summed E-state index contributed by atoms with van der Waals surface area (Å²) in [6.07, 6.45) is 10.3. The van der Waals surface area contributed by atoms with Gasteiger partial charge in [-0.25, -0.2) is 0 Å². The van der Waals surface area contributed by atoms with Crippen LogP contribution in [0, 0.1) is 0 Å². The first-order valence-electron chi connectivity index (χ1n) is 8.12. The van der Waals surface area contributed by atoms with Gasteiger partial charge in [0.15, 0.2) is 5.60 Å². The molecule has 0 amide bonds. The van der Waals surface area contributed by atoms with Crippen LogP contribution in [0.1, 0.15) is 11.1 Å². The molecule has 3 heteroatoms. The minimum atomic E-state index is -1.21. The van der Waals surface area contributed by atoms with Gasteiger partial charge in [-0.2, -0.15) is 0 Å². The van der Waals surface area contributed by atoms with E-state index in [-0.39, 0.29) is 6.17 Å². The molecule has 2 aliphatic rings. The Morgan fingerprint density at radius 2 is 1.46 bits per heavy atom. The zero-order valence-electron chi connectivity index (χ0n) is 13.6. The lowest BCUT2D eigenvalue weighted by Gasteiger charge is -2.37. The van der Waals surface area contributed by atoms with Crippen molar-refractivity contribution in [1.29, 1.82) is 0 Å². The fourth-order valence-corrected chi connectivity index (χ4v) is 3.48. The Kier molecular flexibility index (Phi) is 3.51. The predicted molar refractivity (Wildman–Crippen MR) is 95.6 cm³/mol. The third-order valence-electron chi connectivity index (χ3n) is 4.70. The number of fused-ring (bicyclic) bond motifs is 1. The second kappa shape index (κ2) is 5.69. The molecular weight excluding hydrogens is 296 g/mol. The Bertz CT molecular complexity index is 769. The molecule has 0 saturated heterocycles. The van der Waals surface area contributed by atoms with Crippen molar-refractivity contribution >= 4 is 0 Å².